The number of aliphatic hydroxyl groups excluding tert-OH is 1. The zero-order valence-electron chi connectivity index (χ0n) is 11.7. The summed E-state index contributed by atoms with van der Waals surface area (Å²) < 4.78 is 8.49. The van der Waals surface area contributed by atoms with Crippen molar-refractivity contribution in [2.24, 2.45) is 0 Å². The summed E-state index contributed by atoms with van der Waals surface area (Å²) in [5.74, 6) is 0.840. The lowest BCUT2D eigenvalue weighted by Crippen LogP contribution is -1.99. The van der Waals surface area contributed by atoms with Crippen LogP contribution in [0.25, 0.3) is 10.9 Å². The average molecular weight is 346 g/mol. The van der Waals surface area contributed by atoms with Gasteiger partial charge in [0.2, 0.25) is 0 Å². The van der Waals surface area contributed by atoms with Crippen molar-refractivity contribution in [3.05, 3.63) is 64.3 Å². The van der Waals surface area contributed by atoms with Crippen molar-refractivity contribution in [3.63, 3.8) is 0 Å². The lowest BCUT2D eigenvalue weighted by Gasteiger charge is -2.09. The predicted molar refractivity (Wildman–Crippen MR) is 87.7 cm³/mol. The summed E-state index contributed by atoms with van der Waals surface area (Å²) in [6.07, 6.45) is 2.01. The Morgan fingerprint density at radius 1 is 1.14 bits per heavy atom. The van der Waals surface area contributed by atoms with E-state index in [0.29, 0.717) is 0 Å². The normalized spacial score (nSPS) is 11.0. The van der Waals surface area contributed by atoms with Crippen molar-refractivity contribution >= 4 is 26.8 Å². The Hall–Kier alpha value is -1.78. The summed E-state index contributed by atoms with van der Waals surface area (Å²) >= 11 is 3.59. The van der Waals surface area contributed by atoms with E-state index in [-0.39, 0.29) is 6.61 Å². The van der Waals surface area contributed by atoms with E-state index in [1.54, 1.807) is 7.11 Å². The molecule has 0 bridgehead atoms. The number of benzene rings is 2. The third-order valence-electron chi connectivity index (χ3n) is 3.64. The van der Waals surface area contributed by atoms with Gasteiger partial charge in [0.15, 0.2) is 0 Å². The van der Waals surface area contributed by atoms with Crippen molar-refractivity contribution in [2.75, 3.05) is 7.11 Å². The van der Waals surface area contributed by atoms with Gasteiger partial charge < -0.3 is 14.4 Å². The van der Waals surface area contributed by atoms with E-state index >= 15 is 0 Å². The summed E-state index contributed by atoms with van der Waals surface area (Å²) in [5.41, 5.74) is 3.21. The summed E-state index contributed by atoms with van der Waals surface area (Å²) in [4.78, 5) is 0. The third kappa shape index (κ3) is 2.69. The Kier molecular flexibility index (Phi) is 3.99. The van der Waals surface area contributed by atoms with Gasteiger partial charge in [-0.2, -0.15) is 0 Å². The highest BCUT2D eigenvalue weighted by Crippen LogP contribution is 2.27. The molecule has 0 radical (unpaired) electrons. The number of hydrogen-bond acceptors (Lipinski definition) is 2. The topological polar surface area (TPSA) is 34.4 Å². The Morgan fingerprint density at radius 2 is 1.95 bits per heavy atom. The van der Waals surface area contributed by atoms with Crippen LogP contribution < -0.4 is 4.74 Å². The maximum Gasteiger partial charge on any atom is 0.119 e. The molecule has 0 saturated carbocycles. The first-order chi connectivity index (χ1) is 10.2. The third-order valence-corrected chi connectivity index (χ3v) is 4.41. The van der Waals surface area contributed by atoms with Gasteiger partial charge in [0, 0.05) is 33.7 Å². The van der Waals surface area contributed by atoms with E-state index in [2.05, 4.69) is 26.6 Å². The molecule has 2 aromatic carbocycles. The molecule has 0 fully saturated rings. The lowest BCUT2D eigenvalue weighted by molar-refractivity contribution is 0.283. The minimum absolute atomic E-state index is 0.0484. The van der Waals surface area contributed by atoms with Crippen LogP contribution in [0.2, 0.25) is 0 Å². The van der Waals surface area contributed by atoms with Gasteiger partial charge in [0.25, 0.3) is 0 Å². The molecule has 0 saturated heterocycles. The zero-order chi connectivity index (χ0) is 14.8. The number of hydrogen-bond donors (Lipinski definition) is 1. The molecule has 0 atom stereocenters. The van der Waals surface area contributed by atoms with Crippen LogP contribution >= 0.6 is 15.9 Å². The Morgan fingerprint density at radius 3 is 2.71 bits per heavy atom. The van der Waals surface area contributed by atoms with Crippen molar-refractivity contribution in [2.45, 2.75) is 13.2 Å². The second-order valence-corrected chi connectivity index (χ2v) is 5.77. The maximum absolute atomic E-state index is 9.51. The molecule has 108 valence electrons. The van der Waals surface area contributed by atoms with Gasteiger partial charge in [0.05, 0.1) is 13.7 Å². The fraction of sp³-hybridized carbons (Fsp3) is 0.176. The van der Waals surface area contributed by atoms with E-state index in [0.717, 1.165) is 38.8 Å². The minimum Gasteiger partial charge on any atom is -0.497 e. The number of aromatic nitrogens is 1. The Balaban J connectivity index is 2.06. The van der Waals surface area contributed by atoms with Gasteiger partial charge in [-0.1, -0.05) is 34.1 Å². The summed E-state index contributed by atoms with van der Waals surface area (Å²) in [7, 11) is 1.67. The molecule has 0 amide bonds. The molecule has 21 heavy (non-hydrogen) atoms. The number of rotatable bonds is 4. The van der Waals surface area contributed by atoms with Crippen LogP contribution in [0.3, 0.4) is 0 Å². The van der Waals surface area contributed by atoms with Crippen LogP contribution in [-0.4, -0.2) is 16.8 Å². The molecule has 1 aromatic heterocycles. The standard InChI is InChI=1S/C17H16BrNO2/c1-21-14-6-7-16(18)12(8-14)9-19-10-13(11-20)15-4-2-3-5-17(15)19/h2-8,10,20H,9,11H2,1H3. The highest BCUT2D eigenvalue weighted by molar-refractivity contribution is 9.10. The van der Waals surface area contributed by atoms with Crippen molar-refractivity contribution in [3.8, 4) is 5.75 Å². The van der Waals surface area contributed by atoms with Gasteiger partial charge in [-0.15, -0.1) is 0 Å². The van der Waals surface area contributed by atoms with Gasteiger partial charge in [-0.3, -0.25) is 0 Å². The van der Waals surface area contributed by atoms with Crippen molar-refractivity contribution in [1.82, 2.24) is 4.57 Å². The quantitative estimate of drug-likeness (QED) is 0.776. The molecular formula is C17H16BrNO2. The van der Waals surface area contributed by atoms with E-state index in [4.69, 9.17) is 4.74 Å². The molecule has 1 heterocycles. The average Bonchev–Trinajstić information content (AvgIpc) is 2.88. The van der Waals surface area contributed by atoms with E-state index in [1.165, 1.54) is 0 Å². The van der Waals surface area contributed by atoms with Crippen LogP contribution in [0.1, 0.15) is 11.1 Å². The number of fused-ring (bicyclic) bond motifs is 1. The van der Waals surface area contributed by atoms with Gasteiger partial charge in [-0.25, -0.2) is 0 Å². The number of halogens is 1. The van der Waals surface area contributed by atoms with E-state index in [9.17, 15) is 5.11 Å². The largest absolute Gasteiger partial charge is 0.497 e. The highest BCUT2D eigenvalue weighted by atomic mass is 79.9. The molecule has 1 N–H and O–H groups in total. The summed E-state index contributed by atoms with van der Waals surface area (Å²) in [6, 6.07) is 14.1. The van der Waals surface area contributed by atoms with Crippen LogP contribution in [0, 0.1) is 0 Å². The smallest absolute Gasteiger partial charge is 0.119 e. The van der Waals surface area contributed by atoms with Crippen molar-refractivity contribution < 1.29 is 9.84 Å². The second kappa shape index (κ2) is 5.92. The highest BCUT2D eigenvalue weighted by Gasteiger charge is 2.09. The fourth-order valence-electron chi connectivity index (χ4n) is 2.56. The second-order valence-electron chi connectivity index (χ2n) is 4.91. The molecule has 3 rings (SSSR count). The predicted octanol–water partition coefficient (Wildman–Crippen LogP) is 3.95. The molecule has 0 aliphatic rings. The lowest BCUT2D eigenvalue weighted by atomic mass is 10.2. The van der Waals surface area contributed by atoms with Gasteiger partial charge in [0.1, 0.15) is 5.75 Å². The van der Waals surface area contributed by atoms with E-state index in [1.807, 2.05) is 42.6 Å². The van der Waals surface area contributed by atoms with E-state index < -0.39 is 0 Å². The van der Waals surface area contributed by atoms with Crippen LogP contribution in [-0.2, 0) is 13.2 Å². The van der Waals surface area contributed by atoms with Crippen LogP contribution in [0.4, 0.5) is 0 Å². The Labute approximate surface area is 131 Å². The molecule has 0 aliphatic heterocycles. The van der Waals surface area contributed by atoms with Crippen LogP contribution in [0.5, 0.6) is 5.75 Å². The minimum atomic E-state index is 0.0484. The molecular weight excluding hydrogens is 330 g/mol. The number of aliphatic hydroxyl groups is 1. The molecule has 4 heteroatoms. The van der Waals surface area contributed by atoms with Crippen molar-refractivity contribution in [1.29, 1.82) is 0 Å². The number of ether oxygens (including phenoxy) is 1. The summed E-state index contributed by atoms with van der Waals surface area (Å²) in [6.45, 7) is 0.769. The van der Waals surface area contributed by atoms with Gasteiger partial charge >= 0.3 is 0 Å². The molecule has 3 aromatic rings. The fourth-order valence-corrected chi connectivity index (χ4v) is 2.93. The van der Waals surface area contributed by atoms with Gasteiger partial charge in [-0.05, 0) is 29.8 Å². The van der Waals surface area contributed by atoms with Crippen LogP contribution in [0.15, 0.2) is 53.1 Å². The summed E-state index contributed by atoms with van der Waals surface area (Å²) in [5, 5.41) is 10.6. The number of nitrogens with zero attached hydrogens (tertiary/aromatic N) is 1. The first-order valence-corrected chi connectivity index (χ1v) is 7.52. The SMILES string of the molecule is COc1ccc(Br)c(Cn2cc(CO)c3ccccc32)c1. The monoisotopic (exact) mass is 345 g/mol. The maximum atomic E-state index is 9.51. The molecule has 0 spiro atoms. The number of methoxy groups -OCH3 is 1. The zero-order valence-corrected chi connectivity index (χ0v) is 13.3. The molecule has 0 aliphatic carbocycles. The first kappa shape index (κ1) is 14.2. The molecule has 3 nitrogen and oxygen atoms in total. The number of para-hydroxylation sites is 1. The Bertz CT molecular complexity index is 780. The first-order valence-electron chi connectivity index (χ1n) is 6.73. The molecule has 0 unspecified atom stereocenters.